The predicted octanol–water partition coefficient (Wildman–Crippen LogP) is 4.73. The van der Waals surface area contributed by atoms with Crippen LogP contribution in [0.15, 0.2) is 122 Å². The van der Waals surface area contributed by atoms with Crippen LogP contribution in [0, 0.1) is 25.5 Å². The minimum atomic E-state index is -0.757. The van der Waals surface area contributed by atoms with Crippen molar-refractivity contribution in [2.75, 3.05) is 36.0 Å². The first-order chi connectivity index (χ1) is 29.1. The molecule has 6 aromatic rings. The second-order valence-electron chi connectivity index (χ2n) is 14.9. The molecular weight excluding hydrogens is 800 g/mol. The number of aldehydes is 1. The zero-order chi connectivity index (χ0) is 42.2. The quantitative estimate of drug-likeness (QED) is 0.102. The molecule has 3 radical (unpaired) electrons. The summed E-state index contributed by atoms with van der Waals surface area (Å²) < 4.78 is 39.0. The van der Waals surface area contributed by atoms with E-state index in [2.05, 4.69) is 14.9 Å². The fourth-order valence-corrected chi connectivity index (χ4v) is 7.66. The van der Waals surface area contributed by atoms with E-state index >= 15 is 0 Å². The molecule has 2 aromatic heterocycles. The summed E-state index contributed by atoms with van der Waals surface area (Å²) >= 11 is 0. The first-order valence-electron chi connectivity index (χ1n) is 19.8. The number of carbonyl (C=O) groups is 2. The average molecular weight is 848 g/mol. The Morgan fingerprint density at radius 1 is 0.790 bits per heavy atom. The minimum Gasteiger partial charge on any atom is -1.00 e. The number of aromatic nitrogens is 2. The van der Waals surface area contributed by atoms with Crippen LogP contribution in [0.4, 0.5) is 20.2 Å². The molecule has 2 N–H and O–H groups in total. The standard InChI is InChI=1S/C24H25FN2O3.C24H21FN2O3.B.Na.H/c2*1-16-5-2-3-6-20(16)23(29)17-8-9-22(18(13-17)15-28)27-12-10-19(14-27)30-24-21(25)7-4-11-26-24;;;/h2-9,11,13,19,23,28-29H,10,12,14-15H2,1H3;2-9,11,13,15,19H,10,12,14H2,1H3;;;/q;;;+1;-1/t19-,23?;19-;;;/m00.../s1. The third-order valence-corrected chi connectivity index (χ3v) is 10.9. The number of nitrogens with zero attached hydrogens (tertiary/aromatic N) is 4. The normalized spacial score (nSPS) is 16.0. The fraction of sp³-hybridized carbons (Fsp3) is 0.250. The Hall–Kier alpha value is -5.44. The molecule has 1 unspecified atom stereocenters. The SMILES string of the molecule is Cc1ccccc1C(=O)c1ccc(N2CC[C@H](Oc3ncccc3F)C2)c(C=O)c1.Cc1ccccc1C(O)c1ccc(N2CC[C@H](Oc3ncccc3F)C2)c(CO)c1.[B].[H-].[Na+]. The molecule has 4 heterocycles. The van der Waals surface area contributed by atoms with Crippen LogP contribution in [-0.2, 0) is 6.61 Å². The summed E-state index contributed by atoms with van der Waals surface area (Å²) in [5.74, 6) is -1.08. The number of aliphatic hydroxyl groups excluding tert-OH is 2. The molecule has 3 atom stereocenters. The fourth-order valence-electron chi connectivity index (χ4n) is 7.66. The molecule has 0 spiro atoms. The summed E-state index contributed by atoms with van der Waals surface area (Å²) in [5, 5.41) is 20.8. The summed E-state index contributed by atoms with van der Waals surface area (Å²) in [6.07, 6.45) is 3.99. The topological polar surface area (TPSA) is 125 Å². The van der Waals surface area contributed by atoms with E-state index in [0.717, 1.165) is 58.4 Å². The number of halogens is 2. The summed E-state index contributed by atoms with van der Waals surface area (Å²) in [7, 11) is 0. The van der Waals surface area contributed by atoms with Gasteiger partial charge in [-0.05, 0) is 90.7 Å². The van der Waals surface area contributed by atoms with E-state index < -0.39 is 17.7 Å². The van der Waals surface area contributed by atoms with E-state index in [1.807, 2.05) is 79.4 Å². The van der Waals surface area contributed by atoms with Crippen LogP contribution in [0.1, 0.15) is 74.5 Å². The minimum absolute atomic E-state index is 0. The summed E-state index contributed by atoms with van der Waals surface area (Å²) in [4.78, 5) is 36.6. The van der Waals surface area contributed by atoms with Crippen molar-refractivity contribution < 1.29 is 69.0 Å². The van der Waals surface area contributed by atoms with E-state index in [0.29, 0.717) is 42.7 Å². The van der Waals surface area contributed by atoms with Crippen molar-refractivity contribution in [3.63, 3.8) is 0 Å². The molecule has 313 valence electrons. The van der Waals surface area contributed by atoms with Crippen LogP contribution in [-0.4, -0.2) is 79.1 Å². The molecule has 62 heavy (non-hydrogen) atoms. The number of ketones is 1. The van der Waals surface area contributed by atoms with Crippen molar-refractivity contribution in [1.29, 1.82) is 0 Å². The van der Waals surface area contributed by atoms with E-state index in [1.54, 1.807) is 24.3 Å². The monoisotopic (exact) mass is 847 g/mol. The number of aryl methyl sites for hydroxylation is 2. The van der Waals surface area contributed by atoms with Crippen LogP contribution in [0.2, 0.25) is 0 Å². The van der Waals surface area contributed by atoms with Gasteiger partial charge in [0.05, 0.1) is 19.7 Å². The Morgan fingerprint density at radius 2 is 1.35 bits per heavy atom. The number of carbonyl (C=O) groups excluding carboxylic acids is 2. The third kappa shape index (κ3) is 11.1. The molecule has 2 fully saturated rings. The number of hydrogen-bond acceptors (Lipinski definition) is 10. The number of hydrogen-bond donors (Lipinski definition) is 2. The number of aliphatic hydroxyl groups is 2. The molecule has 4 aromatic carbocycles. The van der Waals surface area contributed by atoms with Crippen molar-refractivity contribution in [3.05, 3.63) is 178 Å². The van der Waals surface area contributed by atoms with Crippen molar-refractivity contribution in [2.45, 2.75) is 51.6 Å². The van der Waals surface area contributed by atoms with Crippen LogP contribution in [0.5, 0.6) is 11.8 Å². The summed E-state index contributed by atoms with van der Waals surface area (Å²) in [6, 6.07) is 31.6. The van der Waals surface area contributed by atoms with Gasteiger partial charge in [-0.25, -0.2) is 18.7 Å². The number of anilines is 2. The maximum absolute atomic E-state index is 13.8. The van der Waals surface area contributed by atoms with Crippen LogP contribution in [0.3, 0.4) is 0 Å². The van der Waals surface area contributed by atoms with Crippen LogP contribution >= 0.6 is 0 Å². The van der Waals surface area contributed by atoms with Gasteiger partial charge in [-0.3, -0.25) is 9.59 Å². The van der Waals surface area contributed by atoms with Gasteiger partial charge in [-0.1, -0.05) is 54.6 Å². The summed E-state index contributed by atoms with van der Waals surface area (Å²) in [5.41, 5.74) is 7.39. The van der Waals surface area contributed by atoms with E-state index in [1.165, 1.54) is 36.7 Å². The molecule has 10 nitrogen and oxygen atoms in total. The number of benzene rings is 4. The van der Waals surface area contributed by atoms with Crippen molar-refractivity contribution in [3.8, 4) is 11.8 Å². The predicted molar refractivity (Wildman–Crippen MR) is 232 cm³/mol. The molecule has 0 saturated carbocycles. The molecule has 2 saturated heterocycles. The second-order valence-corrected chi connectivity index (χ2v) is 14.9. The third-order valence-electron chi connectivity index (χ3n) is 10.9. The van der Waals surface area contributed by atoms with E-state index in [-0.39, 0.29) is 75.8 Å². The van der Waals surface area contributed by atoms with Gasteiger partial charge in [-0.2, -0.15) is 0 Å². The number of rotatable bonds is 12. The first kappa shape index (κ1) is 47.6. The van der Waals surface area contributed by atoms with Gasteiger partial charge in [0.15, 0.2) is 23.7 Å². The molecule has 0 bridgehead atoms. The van der Waals surface area contributed by atoms with Gasteiger partial charge in [-0.15, -0.1) is 0 Å². The molecular formula is C48H47BF2N4NaO6. The molecule has 2 aliphatic heterocycles. The van der Waals surface area contributed by atoms with Gasteiger partial charge in [0.1, 0.15) is 18.3 Å². The number of pyridine rings is 2. The first-order valence-corrected chi connectivity index (χ1v) is 19.8. The number of ether oxygens (including phenoxy) is 2. The molecule has 2 aliphatic rings. The Labute approximate surface area is 385 Å². The zero-order valence-corrected chi connectivity index (χ0v) is 37.0. The Morgan fingerprint density at radius 3 is 1.92 bits per heavy atom. The smallest absolute Gasteiger partial charge is 1.00 e. The second kappa shape index (κ2) is 22.1. The molecule has 8 rings (SSSR count). The van der Waals surface area contributed by atoms with Crippen LogP contribution < -0.4 is 48.8 Å². The molecule has 0 aliphatic carbocycles. The Kier molecular flexibility index (Phi) is 17.0. The van der Waals surface area contributed by atoms with Crippen LogP contribution in [0.25, 0.3) is 0 Å². The molecule has 14 heteroatoms. The van der Waals surface area contributed by atoms with Gasteiger partial charge < -0.3 is 30.9 Å². The maximum atomic E-state index is 13.8. The van der Waals surface area contributed by atoms with E-state index in [4.69, 9.17) is 9.47 Å². The van der Waals surface area contributed by atoms with Gasteiger partial charge in [0, 0.05) is 80.4 Å². The van der Waals surface area contributed by atoms with Gasteiger partial charge >= 0.3 is 29.6 Å². The van der Waals surface area contributed by atoms with Gasteiger partial charge in [0.2, 0.25) is 0 Å². The Bertz CT molecular complexity index is 2490. The van der Waals surface area contributed by atoms with Crippen molar-refractivity contribution in [1.82, 2.24) is 9.97 Å². The van der Waals surface area contributed by atoms with Crippen molar-refractivity contribution in [2.24, 2.45) is 0 Å². The molecule has 0 amide bonds. The Balaban J connectivity index is 0.000000264. The van der Waals surface area contributed by atoms with E-state index in [9.17, 15) is 28.6 Å². The average Bonchev–Trinajstić information content (AvgIpc) is 3.95. The maximum Gasteiger partial charge on any atom is 1.00 e. The van der Waals surface area contributed by atoms with Crippen molar-refractivity contribution >= 4 is 31.9 Å². The van der Waals surface area contributed by atoms with Gasteiger partial charge in [0.25, 0.3) is 11.8 Å². The zero-order valence-electron chi connectivity index (χ0n) is 36.0. The summed E-state index contributed by atoms with van der Waals surface area (Å²) in [6.45, 7) is 6.17. The largest absolute Gasteiger partial charge is 1.00 e.